The first-order valence-electron chi connectivity index (χ1n) is 14.2. The van der Waals surface area contributed by atoms with Gasteiger partial charge in [-0.15, -0.1) is 0 Å². The lowest BCUT2D eigenvalue weighted by Gasteiger charge is -2.24. The van der Waals surface area contributed by atoms with Gasteiger partial charge in [0.1, 0.15) is 6.29 Å². The van der Waals surface area contributed by atoms with Gasteiger partial charge in [0.05, 0.1) is 11.5 Å². The summed E-state index contributed by atoms with van der Waals surface area (Å²) < 4.78 is 0. The molecule has 4 N–H and O–H groups in total. The molecule has 7 heteroatoms. The molecule has 0 aliphatic carbocycles. The van der Waals surface area contributed by atoms with Crippen LogP contribution in [0.4, 0.5) is 0 Å². The summed E-state index contributed by atoms with van der Waals surface area (Å²) in [6.45, 7) is 7.95. The van der Waals surface area contributed by atoms with Crippen LogP contribution in [-0.4, -0.2) is 56.5 Å². The Hall–Kier alpha value is -1.73. The Morgan fingerprint density at radius 1 is 1.11 bits per heavy atom. The molecule has 1 rings (SSSR count). The zero-order chi connectivity index (χ0) is 27.2. The summed E-state index contributed by atoms with van der Waals surface area (Å²) in [6.07, 6.45) is 17.9. The van der Waals surface area contributed by atoms with E-state index in [9.17, 15) is 14.4 Å². The van der Waals surface area contributed by atoms with E-state index < -0.39 is 0 Å². The van der Waals surface area contributed by atoms with Gasteiger partial charge in [0.15, 0.2) is 0 Å². The Morgan fingerprint density at radius 3 is 2.39 bits per heavy atom. The number of aldehydes is 1. The van der Waals surface area contributed by atoms with Crippen LogP contribution in [-0.2, 0) is 14.4 Å². The number of amides is 2. The van der Waals surface area contributed by atoms with E-state index in [2.05, 4.69) is 48.9 Å². The lowest BCUT2D eigenvalue weighted by atomic mass is 9.79. The van der Waals surface area contributed by atoms with Crippen molar-refractivity contribution in [3.8, 4) is 0 Å². The average Bonchev–Trinajstić information content (AvgIpc) is 3.23. The molecule has 3 atom stereocenters. The summed E-state index contributed by atoms with van der Waals surface area (Å²) in [5, 5.41) is 16.2. The zero-order valence-electron chi connectivity index (χ0n) is 23.7. The highest BCUT2D eigenvalue weighted by Gasteiger charge is 2.40. The number of hydrogen-bond donors (Lipinski definition) is 4. The molecule has 210 valence electrons. The van der Waals surface area contributed by atoms with Gasteiger partial charge in [-0.3, -0.25) is 9.59 Å². The van der Waals surface area contributed by atoms with Gasteiger partial charge in [-0.1, -0.05) is 65.0 Å². The van der Waals surface area contributed by atoms with Crippen LogP contribution in [0.5, 0.6) is 0 Å². The maximum atomic E-state index is 12.9. The maximum Gasteiger partial charge on any atom is 0.226 e. The number of aliphatic hydroxyl groups is 1. The second-order valence-electron chi connectivity index (χ2n) is 10.5. The molecule has 1 aliphatic heterocycles. The van der Waals surface area contributed by atoms with Crippen molar-refractivity contribution in [1.29, 1.82) is 0 Å². The minimum atomic E-state index is -0.388. The predicted octanol–water partition coefficient (Wildman–Crippen LogP) is 4.53. The van der Waals surface area contributed by atoms with E-state index in [4.69, 9.17) is 5.11 Å². The van der Waals surface area contributed by atoms with Gasteiger partial charge in [-0.2, -0.15) is 0 Å². The SMILES string of the molecule is CCCCCCCC(CCC/C=C/CC1(CCNC)CCNC1=O)C(=O)NC(C=O)CC(C)C.CO. The monoisotopic (exact) mass is 509 g/mol. The summed E-state index contributed by atoms with van der Waals surface area (Å²) in [6, 6.07) is -0.388. The number of aliphatic hydroxyl groups excluding tert-OH is 1. The number of allylic oxidation sites excluding steroid dienone is 2. The number of nitrogens with one attached hydrogen (secondary N) is 3. The van der Waals surface area contributed by atoms with E-state index >= 15 is 0 Å². The molecule has 2 amide bonds. The minimum absolute atomic E-state index is 0.0332. The molecular weight excluding hydrogens is 454 g/mol. The Morgan fingerprint density at radius 2 is 1.81 bits per heavy atom. The second-order valence-corrected chi connectivity index (χ2v) is 10.5. The minimum Gasteiger partial charge on any atom is -0.400 e. The van der Waals surface area contributed by atoms with Crippen molar-refractivity contribution >= 4 is 18.1 Å². The fourth-order valence-electron chi connectivity index (χ4n) is 4.88. The molecule has 0 aromatic rings. The Balaban J connectivity index is 0.00000596. The van der Waals surface area contributed by atoms with Crippen LogP contribution in [0.3, 0.4) is 0 Å². The molecule has 0 bridgehead atoms. The van der Waals surface area contributed by atoms with Gasteiger partial charge >= 0.3 is 0 Å². The van der Waals surface area contributed by atoms with Crippen molar-refractivity contribution in [2.75, 3.05) is 27.2 Å². The van der Waals surface area contributed by atoms with Crippen molar-refractivity contribution in [2.24, 2.45) is 17.3 Å². The predicted molar refractivity (Wildman–Crippen MR) is 149 cm³/mol. The molecule has 0 aromatic carbocycles. The van der Waals surface area contributed by atoms with Gasteiger partial charge in [0.25, 0.3) is 0 Å². The molecule has 1 fully saturated rings. The maximum absolute atomic E-state index is 12.9. The van der Waals surface area contributed by atoms with Crippen LogP contribution >= 0.6 is 0 Å². The molecule has 36 heavy (non-hydrogen) atoms. The van der Waals surface area contributed by atoms with Gasteiger partial charge in [0.2, 0.25) is 11.8 Å². The molecule has 0 spiro atoms. The van der Waals surface area contributed by atoms with Gasteiger partial charge in [-0.25, -0.2) is 0 Å². The molecule has 0 saturated carbocycles. The standard InChI is InChI=1S/C28H51N3O3.CH4O/c1-5-6-7-8-11-14-24(26(33)31-25(22-32)21-23(2)3)15-12-9-10-13-16-28(17-19-29-4)18-20-30-27(28)34;1-2/h10,13,22-25,29H,5-9,11-12,14-21H2,1-4H3,(H,30,34)(H,31,33);2H,1H3/b13-10+;. The molecule has 0 aromatic heterocycles. The second kappa shape index (κ2) is 21.4. The highest BCUT2D eigenvalue weighted by molar-refractivity contribution is 5.84. The molecule has 1 saturated heterocycles. The van der Waals surface area contributed by atoms with E-state index in [1.165, 1.54) is 19.3 Å². The normalized spacial score (nSPS) is 19.0. The molecule has 0 radical (unpaired) electrons. The lowest BCUT2D eigenvalue weighted by molar-refractivity contribution is -0.128. The number of hydrogen-bond acceptors (Lipinski definition) is 5. The van der Waals surface area contributed by atoms with Crippen LogP contribution in [0.25, 0.3) is 0 Å². The smallest absolute Gasteiger partial charge is 0.226 e. The number of unbranched alkanes of at least 4 members (excludes halogenated alkanes) is 5. The number of rotatable bonds is 20. The Labute approximate surface area is 220 Å². The summed E-state index contributed by atoms with van der Waals surface area (Å²) in [4.78, 5) is 36.8. The summed E-state index contributed by atoms with van der Waals surface area (Å²) >= 11 is 0. The van der Waals surface area contributed by atoms with Crippen molar-refractivity contribution < 1.29 is 19.5 Å². The quantitative estimate of drug-likeness (QED) is 0.110. The first kappa shape index (κ1) is 34.3. The highest BCUT2D eigenvalue weighted by Crippen LogP contribution is 2.35. The van der Waals surface area contributed by atoms with Crippen molar-refractivity contribution in [1.82, 2.24) is 16.0 Å². The molecular formula is C29H55N3O4. The molecule has 3 unspecified atom stereocenters. The number of carbonyl (C=O) groups excluding carboxylic acids is 3. The first-order chi connectivity index (χ1) is 17.4. The highest BCUT2D eigenvalue weighted by atomic mass is 16.2. The van der Waals surface area contributed by atoms with E-state index in [0.717, 1.165) is 84.3 Å². The third-order valence-electron chi connectivity index (χ3n) is 7.07. The van der Waals surface area contributed by atoms with E-state index in [0.29, 0.717) is 12.3 Å². The van der Waals surface area contributed by atoms with Gasteiger partial charge in [0, 0.05) is 19.6 Å². The number of carbonyl (C=O) groups is 3. The molecule has 7 nitrogen and oxygen atoms in total. The van der Waals surface area contributed by atoms with E-state index in [-0.39, 0.29) is 29.2 Å². The fraction of sp³-hybridized carbons (Fsp3) is 0.828. The largest absolute Gasteiger partial charge is 0.400 e. The van der Waals surface area contributed by atoms with Crippen LogP contribution < -0.4 is 16.0 Å². The summed E-state index contributed by atoms with van der Waals surface area (Å²) in [7, 11) is 2.92. The average molecular weight is 510 g/mol. The van der Waals surface area contributed by atoms with Crippen molar-refractivity contribution in [3.63, 3.8) is 0 Å². The first-order valence-corrected chi connectivity index (χ1v) is 14.2. The third-order valence-corrected chi connectivity index (χ3v) is 7.07. The molecule has 1 aliphatic rings. The summed E-state index contributed by atoms with van der Waals surface area (Å²) in [5.74, 6) is 0.544. The van der Waals surface area contributed by atoms with E-state index in [1.807, 2.05) is 7.05 Å². The Bertz CT molecular complexity index is 624. The Kier molecular flexibility index (Phi) is 20.3. The van der Waals surface area contributed by atoms with Gasteiger partial charge in [-0.05, 0) is 70.9 Å². The third kappa shape index (κ3) is 14.1. The van der Waals surface area contributed by atoms with Crippen molar-refractivity contribution in [3.05, 3.63) is 12.2 Å². The van der Waals surface area contributed by atoms with Crippen molar-refractivity contribution in [2.45, 2.75) is 110 Å². The van der Waals surface area contributed by atoms with E-state index in [1.54, 1.807) is 0 Å². The fourth-order valence-corrected chi connectivity index (χ4v) is 4.88. The lowest BCUT2D eigenvalue weighted by Crippen LogP contribution is -2.40. The van der Waals surface area contributed by atoms with Crippen LogP contribution in [0.15, 0.2) is 12.2 Å². The summed E-state index contributed by atoms with van der Waals surface area (Å²) in [5.41, 5.74) is -0.277. The van der Waals surface area contributed by atoms with Gasteiger partial charge < -0.3 is 25.9 Å². The van der Waals surface area contributed by atoms with Crippen LogP contribution in [0.1, 0.15) is 104 Å². The topological polar surface area (TPSA) is 108 Å². The molecule has 1 heterocycles. The van der Waals surface area contributed by atoms with Crippen LogP contribution in [0, 0.1) is 17.3 Å². The van der Waals surface area contributed by atoms with Crippen LogP contribution in [0.2, 0.25) is 0 Å². The zero-order valence-corrected chi connectivity index (χ0v) is 23.7.